The van der Waals surface area contributed by atoms with Crippen LogP contribution in [-0.4, -0.2) is 17.1 Å². The Morgan fingerprint density at radius 3 is 2.54 bits per heavy atom. The van der Waals surface area contributed by atoms with E-state index in [4.69, 9.17) is 0 Å². The molecule has 1 aromatic heterocycles. The number of carbonyl (C=O) groups is 1. The fourth-order valence-corrected chi connectivity index (χ4v) is 3.50. The van der Waals surface area contributed by atoms with Crippen molar-refractivity contribution in [3.8, 4) is 0 Å². The lowest BCUT2D eigenvalue weighted by molar-refractivity contribution is 0.102. The first kappa shape index (κ1) is 16.6. The number of rotatable bonds is 5. The zero-order chi connectivity index (χ0) is 16.8. The van der Waals surface area contributed by atoms with Crippen LogP contribution in [0.5, 0.6) is 0 Å². The van der Waals surface area contributed by atoms with E-state index in [0.717, 1.165) is 15.5 Å². The van der Waals surface area contributed by atoms with E-state index in [1.165, 1.54) is 11.8 Å². The summed E-state index contributed by atoms with van der Waals surface area (Å²) in [5.41, 5.74) is 1.35. The van der Waals surface area contributed by atoms with Crippen LogP contribution in [0.1, 0.15) is 10.4 Å². The molecule has 0 bridgehead atoms. The number of aromatic nitrogens is 1. The summed E-state index contributed by atoms with van der Waals surface area (Å²) in [7, 11) is 0. The zero-order valence-corrected chi connectivity index (χ0v) is 14.7. The first-order chi connectivity index (χ1) is 11.8. The second kappa shape index (κ2) is 8.04. The Bertz CT molecular complexity index is 838. The molecule has 0 saturated heterocycles. The molecule has 3 aromatic rings. The van der Waals surface area contributed by atoms with Gasteiger partial charge in [-0.3, -0.25) is 4.79 Å². The standard InChI is InChI=1S/C19H16N2OS2/c1-23-16-10-5-7-14(13-16)21-18(22)17-11-6-12-20-19(17)24-15-8-3-2-4-9-15/h2-13H,1H3,(H,21,22). The van der Waals surface area contributed by atoms with Crippen LogP contribution in [0.3, 0.4) is 0 Å². The van der Waals surface area contributed by atoms with Crippen LogP contribution in [0.15, 0.2) is 87.7 Å². The first-order valence-electron chi connectivity index (χ1n) is 7.39. The molecule has 5 heteroatoms. The number of hydrogen-bond donors (Lipinski definition) is 1. The Morgan fingerprint density at radius 1 is 0.958 bits per heavy atom. The van der Waals surface area contributed by atoms with Crippen LogP contribution in [0, 0.1) is 0 Å². The van der Waals surface area contributed by atoms with Crippen molar-refractivity contribution in [1.82, 2.24) is 4.98 Å². The van der Waals surface area contributed by atoms with Crippen LogP contribution in [0.25, 0.3) is 0 Å². The van der Waals surface area contributed by atoms with E-state index < -0.39 is 0 Å². The largest absolute Gasteiger partial charge is 0.322 e. The van der Waals surface area contributed by atoms with Crippen molar-refractivity contribution in [2.75, 3.05) is 11.6 Å². The summed E-state index contributed by atoms with van der Waals surface area (Å²) in [6, 6.07) is 21.3. The van der Waals surface area contributed by atoms with Crippen molar-refractivity contribution < 1.29 is 4.79 Å². The summed E-state index contributed by atoms with van der Waals surface area (Å²) in [5.74, 6) is -0.153. The lowest BCUT2D eigenvalue weighted by atomic mass is 10.2. The molecule has 0 fully saturated rings. The molecule has 1 heterocycles. The van der Waals surface area contributed by atoms with Gasteiger partial charge < -0.3 is 5.32 Å². The SMILES string of the molecule is CSc1cccc(NC(=O)c2cccnc2Sc2ccccc2)c1. The summed E-state index contributed by atoms with van der Waals surface area (Å²) < 4.78 is 0. The first-order valence-corrected chi connectivity index (χ1v) is 9.44. The Morgan fingerprint density at radius 2 is 1.75 bits per heavy atom. The Hall–Kier alpha value is -2.24. The topological polar surface area (TPSA) is 42.0 Å². The Kier molecular flexibility index (Phi) is 5.56. The molecule has 1 N–H and O–H groups in total. The number of benzene rings is 2. The predicted octanol–water partition coefficient (Wildman–Crippen LogP) is 5.21. The number of pyridine rings is 1. The van der Waals surface area contributed by atoms with E-state index >= 15 is 0 Å². The van der Waals surface area contributed by atoms with Gasteiger partial charge in [-0.05, 0) is 48.7 Å². The summed E-state index contributed by atoms with van der Waals surface area (Å²) in [6.07, 6.45) is 3.72. The molecular weight excluding hydrogens is 336 g/mol. The van der Waals surface area contributed by atoms with Crippen LogP contribution in [-0.2, 0) is 0 Å². The van der Waals surface area contributed by atoms with Gasteiger partial charge in [-0.25, -0.2) is 4.98 Å². The monoisotopic (exact) mass is 352 g/mol. The smallest absolute Gasteiger partial charge is 0.258 e. The highest BCUT2D eigenvalue weighted by Gasteiger charge is 2.13. The molecule has 24 heavy (non-hydrogen) atoms. The highest BCUT2D eigenvalue weighted by atomic mass is 32.2. The van der Waals surface area contributed by atoms with Gasteiger partial charge >= 0.3 is 0 Å². The van der Waals surface area contributed by atoms with E-state index in [0.29, 0.717) is 10.6 Å². The number of hydrogen-bond acceptors (Lipinski definition) is 4. The second-order valence-corrected chi connectivity index (χ2v) is 6.90. The molecule has 3 nitrogen and oxygen atoms in total. The number of amides is 1. The van der Waals surface area contributed by atoms with E-state index in [-0.39, 0.29) is 5.91 Å². The van der Waals surface area contributed by atoms with Crippen LogP contribution < -0.4 is 5.32 Å². The molecule has 0 aliphatic carbocycles. The number of carbonyl (C=O) groups excluding carboxylic acids is 1. The molecule has 3 rings (SSSR count). The van der Waals surface area contributed by atoms with Gasteiger partial charge in [0.1, 0.15) is 5.03 Å². The summed E-state index contributed by atoms with van der Waals surface area (Å²) in [6.45, 7) is 0. The predicted molar refractivity (Wildman–Crippen MR) is 101 cm³/mol. The summed E-state index contributed by atoms with van der Waals surface area (Å²) >= 11 is 3.13. The van der Waals surface area contributed by atoms with Crippen LogP contribution >= 0.6 is 23.5 Å². The summed E-state index contributed by atoms with van der Waals surface area (Å²) in [4.78, 5) is 19.2. The number of nitrogens with zero attached hydrogens (tertiary/aromatic N) is 1. The minimum Gasteiger partial charge on any atom is -0.322 e. The minimum atomic E-state index is -0.153. The fraction of sp³-hybridized carbons (Fsp3) is 0.0526. The van der Waals surface area contributed by atoms with E-state index in [1.807, 2.05) is 60.9 Å². The molecule has 0 radical (unpaired) electrons. The van der Waals surface area contributed by atoms with Crippen molar-refractivity contribution >= 4 is 35.1 Å². The Labute approximate surface area is 149 Å². The van der Waals surface area contributed by atoms with Crippen molar-refractivity contribution in [2.45, 2.75) is 14.8 Å². The molecule has 2 aromatic carbocycles. The van der Waals surface area contributed by atoms with E-state index in [1.54, 1.807) is 30.1 Å². The number of nitrogens with one attached hydrogen (secondary N) is 1. The van der Waals surface area contributed by atoms with Gasteiger partial charge in [-0.15, -0.1) is 11.8 Å². The third kappa shape index (κ3) is 4.19. The maximum atomic E-state index is 12.7. The van der Waals surface area contributed by atoms with Gasteiger partial charge in [0.15, 0.2) is 0 Å². The fourth-order valence-electron chi connectivity index (χ4n) is 2.14. The van der Waals surface area contributed by atoms with Crippen molar-refractivity contribution in [2.24, 2.45) is 0 Å². The van der Waals surface area contributed by atoms with E-state index in [2.05, 4.69) is 10.3 Å². The molecule has 0 aliphatic rings. The van der Waals surface area contributed by atoms with Gasteiger partial charge in [-0.1, -0.05) is 36.0 Å². The molecule has 0 atom stereocenters. The van der Waals surface area contributed by atoms with Crippen molar-refractivity contribution in [3.05, 3.63) is 78.5 Å². The summed E-state index contributed by atoms with van der Waals surface area (Å²) in [5, 5.41) is 3.65. The highest BCUT2D eigenvalue weighted by Crippen LogP contribution is 2.29. The lowest BCUT2D eigenvalue weighted by Crippen LogP contribution is -2.13. The van der Waals surface area contributed by atoms with E-state index in [9.17, 15) is 4.79 Å². The lowest BCUT2D eigenvalue weighted by Gasteiger charge is -2.09. The van der Waals surface area contributed by atoms with Crippen LogP contribution in [0.2, 0.25) is 0 Å². The second-order valence-electron chi connectivity index (χ2n) is 4.96. The van der Waals surface area contributed by atoms with Gasteiger partial charge in [0.05, 0.1) is 5.56 Å². The van der Waals surface area contributed by atoms with Gasteiger partial charge in [0.25, 0.3) is 5.91 Å². The molecule has 0 unspecified atom stereocenters. The molecular formula is C19H16N2OS2. The third-order valence-corrected chi connectivity index (χ3v) is 5.05. The Balaban J connectivity index is 1.82. The molecule has 1 amide bonds. The van der Waals surface area contributed by atoms with Gasteiger partial charge in [-0.2, -0.15) is 0 Å². The quantitative estimate of drug-likeness (QED) is 0.640. The molecule has 120 valence electrons. The molecule has 0 saturated carbocycles. The molecule has 0 spiro atoms. The molecule has 0 aliphatic heterocycles. The average molecular weight is 352 g/mol. The normalized spacial score (nSPS) is 10.4. The van der Waals surface area contributed by atoms with Crippen molar-refractivity contribution in [3.63, 3.8) is 0 Å². The number of thioether (sulfide) groups is 1. The van der Waals surface area contributed by atoms with Crippen molar-refractivity contribution in [1.29, 1.82) is 0 Å². The van der Waals surface area contributed by atoms with Gasteiger partial charge in [0.2, 0.25) is 0 Å². The van der Waals surface area contributed by atoms with Gasteiger partial charge in [0, 0.05) is 21.7 Å². The average Bonchev–Trinajstić information content (AvgIpc) is 2.63. The minimum absolute atomic E-state index is 0.153. The highest BCUT2D eigenvalue weighted by molar-refractivity contribution is 7.99. The third-order valence-electron chi connectivity index (χ3n) is 3.30. The number of anilines is 1. The van der Waals surface area contributed by atoms with Crippen LogP contribution in [0.4, 0.5) is 5.69 Å². The zero-order valence-electron chi connectivity index (χ0n) is 13.1. The maximum absolute atomic E-state index is 12.7. The maximum Gasteiger partial charge on any atom is 0.258 e.